The van der Waals surface area contributed by atoms with E-state index in [0.717, 1.165) is 0 Å². The molecule has 9 heavy (non-hydrogen) atoms. The highest BCUT2D eigenvalue weighted by Gasteiger charge is 1.70. The number of rotatable bonds is 0. The lowest BCUT2D eigenvalue weighted by Gasteiger charge is -1.60. The van der Waals surface area contributed by atoms with Crippen LogP contribution in [0.5, 0.6) is 0 Å². The quantitative estimate of drug-likeness (QED) is 0.419. The Labute approximate surface area is 60.5 Å². The molecule has 0 bridgehead atoms. The summed E-state index contributed by atoms with van der Waals surface area (Å²) in [7, 11) is 0. The topological polar surface area (TPSA) is 135 Å². The first kappa shape index (κ1) is 23.3. The first-order valence-electron chi connectivity index (χ1n) is 0.985. The van der Waals surface area contributed by atoms with Crippen LogP contribution in [-0.2, 0) is 0 Å². The van der Waals surface area contributed by atoms with Crippen LogP contribution < -0.4 is 9.32 Å². The Hall–Kier alpha value is -0.270. The van der Waals surface area contributed by atoms with Crippen molar-refractivity contribution in [1.82, 2.24) is 0 Å². The van der Waals surface area contributed by atoms with Crippen molar-refractivity contribution in [2.45, 2.75) is 0 Å². The molecule has 0 unspecified atom stereocenters. The summed E-state index contributed by atoms with van der Waals surface area (Å²) in [6.07, 6.45) is -1.83. The first-order valence-corrected chi connectivity index (χ1v) is 1.65. The lowest BCUT2D eigenvalue weighted by atomic mass is 11.5. The molecule has 0 rings (SSSR count). The average Bonchev–Trinajstić information content (AvgIpc) is 1.33. The normalized spacial score (nSPS) is 4.67. The van der Waals surface area contributed by atoms with Crippen LogP contribution in [0.3, 0.4) is 0 Å². The van der Waals surface area contributed by atoms with Gasteiger partial charge in [-0.3, -0.25) is 0 Å². The van der Waals surface area contributed by atoms with Crippen LogP contribution in [0.2, 0.25) is 0 Å². The minimum atomic E-state index is -1.83. The van der Waals surface area contributed by atoms with E-state index in [4.69, 9.17) is 24.3 Å². The molecular weight excluding hydrogens is 179 g/mol. The third-order valence-electron chi connectivity index (χ3n) is 0. The molecule has 0 spiro atoms. The molecule has 0 atom stereocenters. The van der Waals surface area contributed by atoms with Crippen molar-refractivity contribution < 1.29 is 41.1 Å². The standard InChI is InChI=1S/CH2O3.ClHO2.ClH.H2O/c2-1(3)4;2-1-3;;/h(H2,2,3,4);1H;1H;1H2. The van der Waals surface area contributed by atoms with Gasteiger partial charge >= 0.3 is 6.16 Å². The fourth-order valence-corrected chi connectivity index (χ4v) is 0. The summed E-state index contributed by atoms with van der Waals surface area (Å²) in [5, 5.41) is 13.9. The maximum Gasteiger partial charge on any atom is 0.503 e. The van der Waals surface area contributed by atoms with Crippen molar-refractivity contribution in [2.24, 2.45) is 0 Å². The van der Waals surface area contributed by atoms with Crippen molar-refractivity contribution in [2.75, 3.05) is 0 Å². The van der Waals surface area contributed by atoms with Gasteiger partial charge in [0.15, 0.2) is 0 Å². The van der Waals surface area contributed by atoms with E-state index < -0.39 is 17.5 Å². The molecule has 0 aromatic carbocycles. The maximum atomic E-state index is 8.56. The summed E-state index contributed by atoms with van der Waals surface area (Å²) in [5.74, 6) is 0. The van der Waals surface area contributed by atoms with Crippen LogP contribution in [0.15, 0.2) is 0 Å². The van der Waals surface area contributed by atoms with Gasteiger partial charge in [-0.15, -0.1) is 12.4 Å². The van der Waals surface area contributed by atoms with Gasteiger partial charge in [0.2, 0.25) is 0 Å². The molecule has 0 saturated heterocycles. The molecule has 0 heterocycles. The van der Waals surface area contributed by atoms with Gasteiger partial charge in [0.1, 0.15) is 0 Å². The summed E-state index contributed by atoms with van der Waals surface area (Å²) < 4.78 is 16.6. The molecule has 4 N–H and O–H groups in total. The second kappa shape index (κ2) is 25.2. The number of halogens is 2. The smallest absolute Gasteiger partial charge is 0.450 e. The number of hydrogen-bond donors (Lipinski definition) is 2. The van der Waals surface area contributed by atoms with E-state index in [1.54, 1.807) is 0 Å². The molecule has 0 saturated carbocycles. The third-order valence-corrected chi connectivity index (χ3v) is 0. The fraction of sp³-hybridized carbons (Fsp3) is 0. The fourth-order valence-electron chi connectivity index (χ4n) is 0. The van der Waals surface area contributed by atoms with Gasteiger partial charge < -0.3 is 25.0 Å². The Morgan fingerprint density at radius 2 is 1.33 bits per heavy atom. The van der Waals surface area contributed by atoms with E-state index in [2.05, 4.69) is 0 Å². The number of carboxylic acid groups (broad SMARTS) is 2. The Morgan fingerprint density at radius 3 is 1.33 bits per heavy atom. The van der Waals surface area contributed by atoms with Crippen LogP contribution in [0.1, 0.15) is 0 Å². The largest absolute Gasteiger partial charge is 0.503 e. The Kier molecular flexibility index (Phi) is 65.2. The highest BCUT2D eigenvalue weighted by atomic mass is 35.6. The minimum Gasteiger partial charge on any atom is -0.450 e. The Morgan fingerprint density at radius 1 is 1.33 bits per heavy atom. The molecule has 6 nitrogen and oxygen atoms in total. The highest BCUT2D eigenvalue weighted by Crippen LogP contribution is 1.42. The Balaban J connectivity index is -0.0000000233. The van der Waals surface area contributed by atoms with Crippen molar-refractivity contribution in [3.05, 3.63) is 0 Å². The molecular formula is CH6Cl2O6. The summed E-state index contributed by atoms with van der Waals surface area (Å²) in [4.78, 5) is 8.56. The second-order valence-electron chi connectivity index (χ2n) is 0.351. The van der Waals surface area contributed by atoms with E-state index in [9.17, 15) is 0 Å². The van der Waals surface area contributed by atoms with E-state index in [1.807, 2.05) is 0 Å². The molecule has 0 fully saturated rings. The van der Waals surface area contributed by atoms with Crippen molar-refractivity contribution in [1.29, 1.82) is 0 Å². The zero-order chi connectivity index (χ0) is 6.28. The van der Waals surface area contributed by atoms with E-state index in [0.29, 0.717) is 0 Å². The molecule has 0 aliphatic heterocycles. The average molecular weight is 185 g/mol. The van der Waals surface area contributed by atoms with E-state index >= 15 is 0 Å². The maximum absolute atomic E-state index is 8.56. The second-order valence-corrected chi connectivity index (χ2v) is 0.487. The van der Waals surface area contributed by atoms with Crippen molar-refractivity contribution in [3.63, 3.8) is 0 Å². The predicted octanol–water partition coefficient (Wildman–Crippen LogP) is -2.83. The predicted molar refractivity (Wildman–Crippen MR) is 22.9 cm³/mol. The lowest BCUT2D eigenvalue weighted by molar-refractivity contribution is -1.41. The molecule has 0 aliphatic rings. The number of hydrogen-bond acceptors (Lipinski definition) is 3. The van der Waals surface area contributed by atoms with Gasteiger partial charge in [-0.2, -0.15) is 0 Å². The van der Waals surface area contributed by atoms with Gasteiger partial charge in [-0.25, -0.2) is 4.79 Å². The van der Waals surface area contributed by atoms with Crippen LogP contribution in [0.25, 0.3) is 0 Å². The molecule has 0 aromatic rings. The zero-order valence-corrected chi connectivity index (χ0v) is 5.57. The summed E-state index contributed by atoms with van der Waals surface area (Å²) in [5.41, 5.74) is 0. The monoisotopic (exact) mass is 184 g/mol. The zero-order valence-electron chi connectivity index (χ0n) is 3.94. The van der Waals surface area contributed by atoms with Crippen LogP contribution in [0, 0.1) is 11.3 Å². The summed E-state index contributed by atoms with van der Waals surface area (Å²) >= 11 is -0.750. The van der Waals surface area contributed by atoms with Gasteiger partial charge in [0.05, 0.1) is 0 Å². The van der Waals surface area contributed by atoms with Crippen LogP contribution in [0.4, 0.5) is 4.79 Å². The summed E-state index contributed by atoms with van der Waals surface area (Å²) in [6.45, 7) is 0. The van der Waals surface area contributed by atoms with Crippen LogP contribution in [-0.4, -0.2) is 21.8 Å². The molecule has 0 radical (unpaired) electrons. The Bertz CT molecular complexity index is 42.3. The molecule has 0 aliphatic carbocycles. The SMILES string of the molecule is Cl.O.O=C(O)O.[O-][ClH+2][O-]. The molecule has 0 aromatic heterocycles. The highest BCUT2D eigenvalue weighted by molar-refractivity contribution is 5.85. The van der Waals surface area contributed by atoms with Gasteiger partial charge in [0.25, 0.3) is 0 Å². The van der Waals surface area contributed by atoms with Crippen LogP contribution >= 0.6 is 12.4 Å². The van der Waals surface area contributed by atoms with E-state index in [-0.39, 0.29) is 17.9 Å². The third kappa shape index (κ3) is 3480. The first-order chi connectivity index (χ1) is 3.15. The van der Waals surface area contributed by atoms with Crippen molar-refractivity contribution >= 4 is 18.6 Å². The van der Waals surface area contributed by atoms with Gasteiger partial charge in [-0.1, -0.05) is 0 Å². The minimum absolute atomic E-state index is 0. The molecule has 8 heteroatoms. The molecule has 60 valence electrons. The number of carbonyl (C=O) groups is 1. The van der Waals surface area contributed by atoms with Gasteiger partial charge in [0, 0.05) is 11.3 Å². The van der Waals surface area contributed by atoms with E-state index in [1.165, 1.54) is 0 Å². The summed E-state index contributed by atoms with van der Waals surface area (Å²) in [6, 6.07) is 0. The van der Waals surface area contributed by atoms with Gasteiger partial charge in [-0.05, 0) is 0 Å². The molecule has 0 amide bonds. The lowest BCUT2D eigenvalue weighted by Crippen LogP contribution is -2.13. The van der Waals surface area contributed by atoms with Crippen molar-refractivity contribution in [3.8, 4) is 0 Å².